The molecule has 1 N–H and O–H groups in total. The summed E-state index contributed by atoms with van der Waals surface area (Å²) in [6, 6.07) is 5.13. The SMILES string of the molecule is CCCN(CCC)C(=O)c1ccnc(Nc2cc(OC)c(OC)c(OC)c2)n1. The summed E-state index contributed by atoms with van der Waals surface area (Å²) in [6.45, 7) is 5.50. The third-order valence-corrected chi connectivity index (χ3v) is 4.07. The molecule has 1 amide bonds. The van der Waals surface area contributed by atoms with Gasteiger partial charge >= 0.3 is 0 Å². The van der Waals surface area contributed by atoms with Crippen molar-refractivity contribution < 1.29 is 19.0 Å². The van der Waals surface area contributed by atoms with Crippen LogP contribution in [0, 0.1) is 0 Å². The molecule has 0 aliphatic carbocycles. The lowest BCUT2D eigenvalue weighted by Crippen LogP contribution is -2.33. The molecule has 8 heteroatoms. The molecule has 8 nitrogen and oxygen atoms in total. The molecule has 0 saturated heterocycles. The Morgan fingerprint density at radius 1 is 1.04 bits per heavy atom. The molecule has 1 aromatic heterocycles. The quantitative estimate of drug-likeness (QED) is 0.666. The summed E-state index contributed by atoms with van der Waals surface area (Å²) in [5, 5.41) is 3.09. The monoisotopic (exact) mass is 388 g/mol. The predicted octanol–water partition coefficient (Wildman–Crippen LogP) is 3.51. The van der Waals surface area contributed by atoms with Crippen LogP contribution in [0.4, 0.5) is 11.6 Å². The molecule has 28 heavy (non-hydrogen) atoms. The number of nitrogens with one attached hydrogen (secondary N) is 1. The lowest BCUT2D eigenvalue weighted by Gasteiger charge is -2.21. The van der Waals surface area contributed by atoms with Gasteiger partial charge in [0.1, 0.15) is 5.69 Å². The van der Waals surface area contributed by atoms with Gasteiger partial charge in [-0.1, -0.05) is 13.8 Å². The standard InChI is InChI=1S/C20H28N4O4/c1-6-10-24(11-7-2)19(25)15-8-9-21-20(23-15)22-14-12-16(26-3)18(28-5)17(13-14)27-4/h8-9,12-13H,6-7,10-11H2,1-5H3,(H,21,22,23). The molecule has 0 bridgehead atoms. The molecule has 0 atom stereocenters. The maximum Gasteiger partial charge on any atom is 0.272 e. The van der Waals surface area contributed by atoms with E-state index in [-0.39, 0.29) is 5.91 Å². The number of anilines is 2. The molecule has 152 valence electrons. The second-order valence-corrected chi connectivity index (χ2v) is 6.10. The number of hydrogen-bond acceptors (Lipinski definition) is 7. The maximum atomic E-state index is 12.8. The Morgan fingerprint density at radius 2 is 1.64 bits per heavy atom. The Labute approximate surface area is 165 Å². The molecule has 0 radical (unpaired) electrons. The van der Waals surface area contributed by atoms with Crippen LogP contribution in [0.2, 0.25) is 0 Å². The lowest BCUT2D eigenvalue weighted by molar-refractivity contribution is 0.0749. The predicted molar refractivity (Wildman–Crippen MR) is 108 cm³/mol. The summed E-state index contributed by atoms with van der Waals surface area (Å²) in [5.74, 6) is 1.73. The number of hydrogen-bond donors (Lipinski definition) is 1. The Balaban J connectivity index is 2.28. The van der Waals surface area contributed by atoms with Crippen molar-refractivity contribution in [2.75, 3.05) is 39.7 Å². The summed E-state index contributed by atoms with van der Waals surface area (Å²) in [6.07, 6.45) is 3.36. The van der Waals surface area contributed by atoms with Crippen LogP contribution in [0.15, 0.2) is 24.4 Å². The minimum Gasteiger partial charge on any atom is -0.493 e. The van der Waals surface area contributed by atoms with Crippen molar-refractivity contribution in [1.82, 2.24) is 14.9 Å². The summed E-state index contributed by atoms with van der Waals surface area (Å²) in [4.78, 5) is 23.2. The number of amides is 1. The molecule has 2 rings (SSSR count). The van der Waals surface area contributed by atoms with Crippen LogP contribution in [0.1, 0.15) is 37.2 Å². The second kappa shape index (κ2) is 10.3. The number of carbonyl (C=O) groups excluding carboxylic acids is 1. The molecule has 0 saturated carbocycles. The van der Waals surface area contributed by atoms with Gasteiger partial charge in [0.2, 0.25) is 11.7 Å². The zero-order valence-corrected chi connectivity index (χ0v) is 17.1. The molecule has 1 heterocycles. The van der Waals surface area contributed by atoms with Crippen molar-refractivity contribution in [3.8, 4) is 17.2 Å². The van der Waals surface area contributed by atoms with Gasteiger partial charge in [0.25, 0.3) is 5.91 Å². The third kappa shape index (κ3) is 5.03. The van der Waals surface area contributed by atoms with Gasteiger partial charge < -0.3 is 24.4 Å². The van der Waals surface area contributed by atoms with E-state index in [9.17, 15) is 4.79 Å². The first kappa shape index (κ1) is 21.3. The number of nitrogens with zero attached hydrogens (tertiary/aromatic N) is 3. The van der Waals surface area contributed by atoms with Gasteiger partial charge in [-0.25, -0.2) is 9.97 Å². The highest BCUT2D eigenvalue weighted by Crippen LogP contribution is 2.40. The van der Waals surface area contributed by atoms with Crippen molar-refractivity contribution in [1.29, 1.82) is 0 Å². The maximum absolute atomic E-state index is 12.8. The van der Waals surface area contributed by atoms with E-state index in [4.69, 9.17) is 14.2 Å². The third-order valence-electron chi connectivity index (χ3n) is 4.07. The first-order valence-electron chi connectivity index (χ1n) is 9.27. The Bertz CT molecular complexity index is 767. The normalized spacial score (nSPS) is 10.3. The van der Waals surface area contributed by atoms with E-state index >= 15 is 0 Å². The topological polar surface area (TPSA) is 85.8 Å². The van der Waals surface area contributed by atoms with Gasteiger partial charge in [0.05, 0.1) is 21.3 Å². The number of rotatable bonds is 10. The van der Waals surface area contributed by atoms with Gasteiger partial charge in [-0.3, -0.25) is 4.79 Å². The van der Waals surface area contributed by atoms with E-state index < -0.39 is 0 Å². The number of aromatic nitrogens is 2. The minimum atomic E-state index is -0.0981. The second-order valence-electron chi connectivity index (χ2n) is 6.10. The van der Waals surface area contributed by atoms with Crippen molar-refractivity contribution in [3.63, 3.8) is 0 Å². The summed E-state index contributed by atoms with van der Waals surface area (Å²) >= 11 is 0. The van der Waals surface area contributed by atoms with E-state index in [1.807, 2.05) is 18.7 Å². The molecule has 1 aromatic carbocycles. The first-order chi connectivity index (χ1) is 13.6. The van der Waals surface area contributed by atoms with Crippen molar-refractivity contribution in [2.24, 2.45) is 0 Å². The summed E-state index contributed by atoms with van der Waals surface area (Å²) in [7, 11) is 4.64. The number of ether oxygens (including phenoxy) is 3. The van der Waals surface area contributed by atoms with Gasteiger partial charge in [0.15, 0.2) is 11.5 Å². The molecule has 2 aromatic rings. The molecular formula is C20H28N4O4. The smallest absolute Gasteiger partial charge is 0.272 e. The number of carbonyl (C=O) groups is 1. The highest BCUT2D eigenvalue weighted by atomic mass is 16.5. The van der Waals surface area contributed by atoms with Crippen LogP contribution in [-0.2, 0) is 0 Å². The molecule has 0 aliphatic rings. The van der Waals surface area contributed by atoms with Gasteiger partial charge in [-0.15, -0.1) is 0 Å². The van der Waals surface area contributed by atoms with Crippen LogP contribution in [0.5, 0.6) is 17.2 Å². The number of methoxy groups -OCH3 is 3. The van der Waals surface area contributed by atoms with Crippen LogP contribution in [0.25, 0.3) is 0 Å². The van der Waals surface area contributed by atoms with E-state index in [1.54, 1.807) is 45.7 Å². The van der Waals surface area contributed by atoms with Crippen LogP contribution in [0.3, 0.4) is 0 Å². The fourth-order valence-electron chi connectivity index (χ4n) is 2.84. The van der Waals surface area contributed by atoms with Crippen molar-refractivity contribution in [2.45, 2.75) is 26.7 Å². The minimum absolute atomic E-state index is 0.0981. The highest BCUT2D eigenvalue weighted by Gasteiger charge is 2.17. The van der Waals surface area contributed by atoms with E-state index in [1.165, 1.54) is 0 Å². The Hall–Kier alpha value is -3.03. The fourth-order valence-corrected chi connectivity index (χ4v) is 2.84. The van der Waals surface area contributed by atoms with Crippen LogP contribution >= 0.6 is 0 Å². The lowest BCUT2D eigenvalue weighted by atomic mass is 10.2. The summed E-state index contributed by atoms with van der Waals surface area (Å²) < 4.78 is 16.0. The Kier molecular flexibility index (Phi) is 7.86. The van der Waals surface area contributed by atoms with E-state index in [0.29, 0.717) is 47.7 Å². The molecule has 0 aliphatic heterocycles. The zero-order valence-electron chi connectivity index (χ0n) is 17.1. The Morgan fingerprint density at radius 3 is 2.14 bits per heavy atom. The fraction of sp³-hybridized carbons (Fsp3) is 0.450. The molecule has 0 unspecified atom stereocenters. The number of benzene rings is 1. The average Bonchev–Trinajstić information content (AvgIpc) is 2.72. The molecule has 0 fully saturated rings. The van der Waals surface area contributed by atoms with Crippen molar-refractivity contribution in [3.05, 3.63) is 30.1 Å². The largest absolute Gasteiger partial charge is 0.493 e. The highest BCUT2D eigenvalue weighted by molar-refractivity contribution is 5.92. The van der Waals surface area contributed by atoms with Crippen molar-refractivity contribution >= 4 is 17.5 Å². The molecular weight excluding hydrogens is 360 g/mol. The van der Waals surface area contributed by atoms with Gasteiger partial charge in [-0.05, 0) is 18.9 Å². The van der Waals surface area contributed by atoms with Gasteiger partial charge in [0, 0.05) is 37.1 Å². The summed E-state index contributed by atoms with van der Waals surface area (Å²) in [5.41, 5.74) is 1.00. The van der Waals surface area contributed by atoms with Crippen LogP contribution < -0.4 is 19.5 Å². The van der Waals surface area contributed by atoms with E-state index in [2.05, 4.69) is 15.3 Å². The molecule has 0 spiro atoms. The van der Waals surface area contributed by atoms with E-state index in [0.717, 1.165) is 12.8 Å². The van der Waals surface area contributed by atoms with Gasteiger partial charge in [-0.2, -0.15) is 0 Å². The average molecular weight is 388 g/mol. The zero-order chi connectivity index (χ0) is 20.5. The first-order valence-corrected chi connectivity index (χ1v) is 9.27. The van der Waals surface area contributed by atoms with Crippen LogP contribution in [-0.4, -0.2) is 55.2 Å².